The number of carbonyl (C=O) groups is 1. The molecule has 0 unspecified atom stereocenters. The minimum Gasteiger partial charge on any atom is -0.352 e. The third kappa shape index (κ3) is 2.75. The van der Waals surface area contributed by atoms with Gasteiger partial charge in [-0.25, -0.2) is 4.98 Å². The highest BCUT2D eigenvalue weighted by atomic mass is 32.1. The van der Waals surface area contributed by atoms with Crippen LogP contribution in [0.5, 0.6) is 0 Å². The molecule has 0 aliphatic carbocycles. The summed E-state index contributed by atoms with van der Waals surface area (Å²) in [5.41, 5.74) is 0.674. The smallest absolute Gasteiger partial charge is 0.271 e. The number of amides is 1. The lowest BCUT2D eigenvalue weighted by atomic mass is 10.2. The van der Waals surface area contributed by atoms with Crippen molar-refractivity contribution in [3.63, 3.8) is 0 Å². The van der Waals surface area contributed by atoms with E-state index in [1.54, 1.807) is 0 Å². The van der Waals surface area contributed by atoms with E-state index in [2.05, 4.69) is 17.2 Å². The molecule has 20 heavy (non-hydrogen) atoms. The molecule has 2 aromatic heterocycles. The second kappa shape index (κ2) is 6.17. The first-order valence-corrected chi connectivity index (χ1v) is 7.63. The number of hydrogen-bond donors (Lipinski definition) is 1. The van der Waals surface area contributed by atoms with Crippen LogP contribution in [0.25, 0.3) is 4.96 Å². The lowest BCUT2D eigenvalue weighted by Crippen LogP contribution is -2.32. The van der Waals surface area contributed by atoms with Crippen molar-refractivity contribution in [1.29, 1.82) is 0 Å². The maximum atomic E-state index is 12.4. The summed E-state index contributed by atoms with van der Waals surface area (Å²) in [7, 11) is 0. The Labute approximate surface area is 121 Å². The molecule has 5 nitrogen and oxygen atoms in total. The number of nitrogens with one attached hydrogen (secondary N) is 1. The summed E-state index contributed by atoms with van der Waals surface area (Å²) < 4.78 is 1.51. The largest absolute Gasteiger partial charge is 0.352 e. The van der Waals surface area contributed by atoms with E-state index in [0.29, 0.717) is 11.5 Å². The number of hydrogen-bond acceptors (Lipinski definition) is 4. The van der Waals surface area contributed by atoms with Gasteiger partial charge in [0, 0.05) is 23.3 Å². The maximum Gasteiger partial charge on any atom is 0.271 e. The molecular formula is C14H19N3O2S. The highest BCUT2D eigenvalue weighted by molar-refractivity contribution is 7.17. The van der Waals surface area contributed by atoms with Crippen LogP contribution in [0.15, 0.2) is 11.0 Å². The van der Waals surface area contributed by atoms with Gasteiger partial charge in [0.2, 0.25) is 0 Å². The third-order valence-electron chi connectivity index (χ3n) is 3.33. The van der Waals surface area contributed by atoms with Crippen molar-refractivity contribution in [2.75, 3.05) is 6.54 Å². The fourth-order valence-corrected chi connectivity index (χ4v) is 2.93. The van der Waals surface area contributed by atoms with E-state index in [-0.39, 0.29) is 17.0 Å². The van der Waals surface area contributed by atoms with Gasteiger partial charge in [0.1, 0.15) is 5.56 Å². The van der Waals surface area contributed by atoms with Gasteiger partial charge < -0.3 is 5.32 Å². The van der Waals surface area contributed by atoms with E-state index in [1.165, 1.54) is 21.9 Å². The molecule has 0 bridgehead atoms. The van der Waals surface area contributed by atoms with Gasteiger partial charge in [-0.1, -0.05) is 19.8 Å². The van der Waals surface area contributed by atoms with Gasteiger partial charge in [0.15, 0.2) is 4.96 Å². The Morgan fingerprint density at radius 2 is 2.15 bits per heavy atom. The van der Waals surface area contributed by atoms with Gasteiger partial charge >= 0.3 is 0 Å². The predicted octanol–water partition coefficient (Wildman–Crippen LogP) is 2.29. The summed E-state index contributed by atoms with van der Waals surface area (Å²) >= 11 is 1.46. The topological polar surface area (TPSA) is 63.5 Å². The summed E-state index contributed by atoms with van der Waals surface area (Å²) in [6.45, 7) is 6.51. The van der Waals surface area contributed by atoms with Crippen LogP contribution in [-0.2, 0) is 0 Å². The van der Waals surface area contributed by atoms with E-state index in [4.69, 9.17) is 0 Å². The Bertz CT molecular complexity index is 688. The Morgan fingerprint density at radius 1 is 1.40 bits per heavy atom. The molecule has 0 aromatic carbocycles. The normalized spacial score (nSPS) is 10.9. The molecule has 0 saturated carbocycles. The van der Waals surface area contributed by atoms with Crippen molar-refractivity contribution in [2.45, 2.75) is 40.0 Å². The first kappa shape index (κ1) is 14.7. The van der Waals surface area contributed by atoms with Crippen LogP contribution in [0.3, 0.4) is 0 Å². The molecule has 0 atom stereocenters. The summed E-state index contributed by atoms with van der Waals surface area (Å²) in [4.78, 5) is 30.3. The van der Waals surface area contributed by atoms with Crippen molar-refractivity contribution in [2.24, 2.45) is 0 Å². The number of thiazole rings is 1. The lowest BCUT2D eigenvalue weighted by molar-refractivity contribution is 0.0951. The molecule has 0 fully saturated rings. The Hall–Kier alpha value is -1.69. The fourth-order valence-electron chi connectivity index (χ4n) is 2.00. The molecule has 0 aliphatic rings. The SMILES string of the molecule is CCCCCNC(=O)c1cnc2sc(C)c(C)n2c1=O. The molecule has 108 valence electrons. The average molecular weight is 293 g/mol. The van der Waals surface area contributed by atoms with Crippen LogP contribution < -0.4 is 10.9 Å². The summed E-state index contributed by atoms with van der Waals surface area (Å²) in [6.07, 6.45) is 4.47. The molecule has 2 heterocycles. The summed E-state index contributed by atoms with van der Waals surface area (Å²) in [5, 5.41) is 2.78. The van der Waals surface area contributed by atoms with E-state index in [9.17, 15) is 9.59 Å². The molecule has 0 aliphatic heterocycles. The summed E-state index contributed by atoms with van der Waals surface area (Å²) in [6, 6.07) is 0. The van der Waals surface area contributed by atoms with Crippen molar-refractivity contribution < 1.29 is 4.79 Å². The quantitative estimate of drug-likeness (QED) is 0.860. The van der Waals surface area contributed by atoms with Gasteiger partial charge in [-0.2, -0.15) is 0 Å². The third-order valence-corrected chi connectivity index (χ3v) is 4.40. The second-order valence-electron chi connectivity index (χ2n) is 4.80. The molecule has 2 rings (SSSR count). The molecular weight excluding hydrogens is 274 g/mol. The maximum absolute atomic E-state index is 12.4. The van der Waals surface area contributed by atoms with Crippen LogP contribution in [0, 0.1) is 13.8 Å². The van der Waals surface area contributed by atoms with Crippen LogP contribution in [0.2, 0.25) is 0 Å². The first-order chi connectivity index (χ1) is 9.56. The minimum atomic E-state index is -0.337. The van der Waals surface area contributed by atoms with Gasteiger partial charge in [-0.3, -0.25) is 14.0 Å². The molecule has 0 radical (unpaired) electrons. The molecule has 1 amide bonds. The number of aromatic nitrogens is 2. The van der Waals surface area contributed by atoms with Crippen molar-refractivity contribution >= 4 is 22.2 Å². The van der Waals surface area contributed by atoms with Crippen LogP contribution >= 0.6 is 11.3 Å². The Kier molecular flexibility index (Phi) is 4.54. The molecule has 0 saturated heterocycles. The molecule has 1 N–H and O–H groups in total. The Balaban J connectivity index is 2.27. The first-order valence-electron chi connectivity index (χ1n) is 6.82. The highest BCUT2D eigenvalue weighted by Gasteiger charge is 2.15. The van der Waals surface area contributed by atoms with E-state index >= 15 is 0 Å². The van der Waals surface area contributed by atoms with E-state index in [1.807, 2.05) is 13.8 Å². The zero-order valence-corrected chi connectivity index (χ0v) is 12.8. The van der Waals surface area contributed by atoms with Crippen molar-refractivity contribution in [1.82, 2.24) is 14.7 Å². The molecule has 0 spiro atoms. The zero-order valence-electron chi connectivity index (χ0n) is 12.0. The van der Waals surface area contributed by atoms with Crippen LogP contribution in [-0.4, -0.2) is 21.8 Å². The standard InChI is InChI=1S/C14H19N3O2S/c1-4-5-6-7-15-12(18)11-8-16-14-17(13(11)19)9(2)10(3)20-14/h8H,4-7H2,1-3H3,(H,15,18). The highest BCUT2D eigenvalue weighted by Crippen LogP contribution is 2.18. The van der Waals surface area contributed by atoms with E-state index < -0.39 is 0 Å². The number of carbonyl (C=O) groups excluding carboxylic acids is 1. The fraction of sp³-hybridized carbons (Fsp3) is 0.500. The van der Waals surface area contributed by atoms with Gasteiger partial charge in [0.05, 0.1) is 0 Å². The number of unbranched alkanes of at least 4 members (excludes halogenated alkanes) is 2. The second-order valence-corrected chi connectivity index (χ2v) is 5.98. The zero-order chi connectivity index (χ0) is 14.7. The Morgan fingerprint density at radius 3 is 2.85 bits per heavy atom. The number of rotatable bonds is 5. The molecule has 6 heteroatoms. The predicted molar refractivity (Wildman–Crippen MR) is 80.7 cm³/mol. The lowest BCUT2D eigenvalue weighted by Gasteiger charge is -2.04. The number of nitrogens with zero attached hydrogens (tertiary/aromatic N) is 2. The van der Waals surface area contributed by atoms with Crippen molar-refractivity contribution in [3.05, 3.63) is 32.7 Å². The van der Waals surface area contributed by atoms with E-state index in [0.717, 1.165) is 29.8 Å². The summed E-state index contributed by atoms with van der Waals surface area (Å²) in [5.74, 6) is -0.337. The van der Waals surface area contributed by atoms with Crippen LogP contribution in [0.1, 0.15) is 47.1 Å². The van der Waals surface area contributed by atoms with Gasteiger partial charge in [-0.05, 0) is 20.3 Å². The number of fused-ring (bicyclic) bond motifs is 1. The average Bonchev–Trinajstić information content (AvgIpc) is 2.71. The van der Waals surface area contributed by atoms with Crippen molar-refractivity contribution in [3.8, 4) is 0 Å². The monoisotopic (exact) mass is 293 g/mol. The molecule has 2 aromatic rings. The minimum absolute atomic E-state index is 0.111. The van der Waals surface area contributed by atoms with Crippen LogP contribution in [0.4, 0.5) is 0 Å². The number of aryl methyl sites for hydroxylation is 2. The van der Waals surface area contributed by atoms with Gasteiger partial charge in [0.25, 0.3) is 11.5 Å². The van der Waals surface area contributed by atoms with Gasteiger partial charge in [-0.15, -0.1) is 11.3 Å².